The van der Waals surface area contributed by atoms with Crippen LogP contribution in [0.25, 0.3) is 0 Å². The van der Waals surface area contributed by atoms with Crippen molar-refractivity contribution in [1.29, 1.82) is 0 Å². The molecule has 0 bridgehead atoms. The van der Waals surface area contributed by atoms with Crippen LogP contribution in [0.5, 0.6) is 0 Å². The first-order valence-electron chi connectivity index (χ1n) is 9.70. The van der Waals surface area contributed by atoms with E-state index in [1.165, 1.54) is 24.8 Å². The molecule has 0 aliphatic heterocycles. The van der Waals surface area contributed by atoms with Crippen molar-refractivity contribution in [1.82, 2.24) is 0 Å². The van der Waals surface area contributed by atoms with Crippen LogP contribution in [-0.2, 0) is 4.79 Å². The molecule has 0 spiro atoms. The molecule has 128 valence electrons. The summed E-state index contributed by atoms with van der Waals surface area (Å²) in [5.41, 5.74) is 1.88. The number of alkyl halides is 1. The van der Waals surface area contributed by atoms with Crippen LogP contribution in [0.4, 0.5) is 4.39 Å². The summed E-state index contributed by atoms with van der Waals surface area (Å²) < 4.78 is 13.9. The van der Waals surface area contributed by atoms with E-state index >= 15 is 0 Å². The van der Waals surface area contributed by atoms with Gasteiger partial charge in [0.15, 0.2) is 0 Å². The number of rotatable bonds is 1. The van der Waals surface area contributed by atoms with E-state index in [1.54, 1.807) is 6.92 Å². The molecule has 0 N–H and O–H groups in total. The Hall–Kier alpha value is -0.660. The second-order valence-electron chi connectivity index (χ2n) is 9.38. The fourth-order valence-corrected chi connectivity index (χ4v) is 7.28. The number of carbonyl (C=O) groups excluding carboxylic acids is 1. The minimum atomic E-state index is -0.617. The summed E-state index contributed by atoms with van der Waals surface area (Å²) in [6.45, 7) is 6.61. The molecule has 0 aromatic heterocycles. The van der Waals surface area contributed by atoms with Crippen LogP contribution in [0.3, 0.4) is 0 Å². The Balaban J connectivity index is 1.66. The van der Waals surface area contributed by atoms with Gasteiger partial charge in [-0.3, -0.25) is 4.79 Å². The number of ketones is 1. The topological polar surface area (TPSA) is 17.1 Å². The van der Waals surface area contributed by atoms with E-state index in [0.29, 0.717) is 18.1 Å². The average molecular weight is 318 g/mol. The van der Waals surface area contributed by atoms with Crippen molar-refractivity contribution in [3.05, 3.63) is 11.6 Å². The molecule has 5 unspecified atom stereocenters. The maximum absolute atomic E-state index is 13.9. The van der Waals surface area contributed by atoms with Crippen molar-refractivity contribution in [2.24, 2.45) is 34.5 Å². The van der Waals surface area contributed by atoms with E-state index in [0.717, 1.165) is 37.5 Å². The number of hydrogen-bond acceptors (Lipinski definition) is 1. The van der Waals surface area contributed by atoms with Crippen molar-refractivity contribution in [2.45, 2.75) is 78.3 Å². The Morgan fingerprint density at radius 1 is 1.13 bits per heavy atom. The van der Waals surface area contributed by atoms with Crippen molar-refractivity contribution < 1.29 is 9.18 Å². The summed E-state index contributed by atoms with van der Waals surface area (Å²) in [6.07, 6.45) is 10.1. The predicted molar refractivity (Wildman–Crippen MR) is 90.8 cm³/mol. The third-order valence-electron chi connectivity index (χ3n) is 8.53. The Kier molecular flexibility index (Phi) is 3.56. The summed E-state index contributed by atoms with van der Waals surface area (Å²) in [5.74, 6) is 2.84. The Bertz CT molecular complexity index is 552. The van der Waals surface area contributed by atoms with Gasteiger partial charge in [-0.25, -0.2) is 4.39 Å². The fourth-order valence-electron chi connectivity index (χ4n) is 7.28. The van der Waals surface area contributed by atoms with E-state index in [9.17, 15) is 9.18 Å². The van der Waals surface area contributed by atoms with Gasteiger partial charge in [-0.2, -0.15) is 0 Å². The normalized spacial score (nSPS) is 52.2. The highest BCUT2D eigenvalue weighted by Gasteiger charge is 2.59. The highest BCUT2D eigenvalue weighted by molar-refractivity contribution is 5.79. The molecule has 0 radical (unpaired) electrons. The maximum atomic E-state index is 13.9. The van der Waals surface area contributed by atoms with Gasteiger partial charge in [0.1, 0.15) is 12.0 Å². The SMILES string of the molecule is CC(=O)C1CCC2C3CC=C4C[C@@H](F)CC[C@]4(C)C3CCC12C. The molecule has 4 rings (SSSR count). The summed E-state index contributed by atoms with van der Waals surface area (Å²) in [4.78, 5) is 12.1. The average Bonchev–Trinajstić information content (AvgIpc) is 2.85. The second-order valence-corrected chi connectivity index (χ2v) is 9.38. The van der Waals surface area contributed by atoms with E-state index in [2.05, 4.69) is 19.9 Å². The van der Waals surface area contributed by atoms with Gasteiger partial charge in [0.25, 0.3) is 0 Å². The molecule has 1 nitrogen and oxygen atoms in total. The maximum Gasteiger partial charge on any atom is 0.133 e. The van der Waals surface area contributed by atoms with E-state index < -0.39 is 6.17 Å². The van der Waals surface area contributed by atoms with Gasteiger partial charge in [-0.1, -0.05) is 25.5 Å². The number of hydrogen-bond donors (Lipinski definition) is 0. The quantitative estimate of drug-likeness (QED) is 0.584. The molecule has 23 heavy (non-hydrogen) atoms. The predicted octanol–water partition coefficient (Wildman–Crippen LogP) is 5.49. The molecule has 0 amide bonds. The zero-order chi connectivity index (χ0) is 16.4. The summed E-state index contributed by atoms with van der Waals surface area (Å²) in [7, 11) is 0. The van der Waals surface area contributed by atoms with Gasteiger partial charge < -0.3 is 0 Å². The van der Waals surface area contributed by atoms with E-state index in [-0.39, 0.29) is 16.7 Å². The molecule has 3 saturated carbocycles. The van der Waals surface area contributed by atoms with Gasteiger partial charge >= 0.3 is 0 Å². The Labute approximate surface area is 140 Å². The van der Waals surface area contributed by atoms with Crippen LogP contribution in [0.15, 0.2) is 11.6 Å². The largest absolute Gasteiger partial charge is 0.300 e. The van der Waals surface area contributed by atoms with Gasteiger partial charge in [0.05, 0.1) is 0 Å². The first-order valence-corrected chi connectivity index (χ1v) is 9.70. The van der Waals surface area contributed by atoms with Gasteiger partial charge in [0, 0.05) is 12.3 Å². The lowest BCUT2D eigenvalue weighted by atomic mass is 9.47. The lowest BCUT2D eigenvalue weighted by Gasteiger charge is -2.57. The molecule has 4 aliphatic rings. The Morgan fingerprint density at radius 3 is 2.65 bits per heavy atom. The molecule has 0 aromatic rings. The smallest absolute Gasteiger partial charge is 0.133 e. The van der Waals surface area contributed by atoms with Crippen LogP contribution in [-0.4, -0.2) is 12.0 Å². The number of fused-ring (bicyclic) bond motifs is 5. The fraction of sp³-hybridized carbons (Fsp3) is 0.857. The highest BCUT2D eigenvalue weighted by atomic mass is 19.1. The van der Waals surface area contributed by atoms with Gasteiger partial charge in [-0.05, 0) is 80.5 Å². The molecule has 0 heterocycles. The highest BCUT2D eigenvalue weighted by Crippen LogP contribution is 2.66. The molecule has 4 aliphatic carbocycles. The van der Waals surface area contributed by atoms with Crippen molar-refractivity contribution in [2.75, 3.05) is 0 Å². The molecule has 0 aromatic carbocycles. The molecular weight excluding hydrogens is 287 g/mol. The van der Waals surface area contributed by atoms with Crippen molar-refractivity contribution in [3.8, 4) is 0 Å². The molecule has 0 saturated heterocycles. The van der Waals surface area contributed by atoms with Crippen molar-refractivity contribution >= 4 is 5.78 Å². The monoisotopic (exact) mass is 318 g/mol. The van der Waals surface area contributed by atoms with Crippen LogP contribution in [0.1, 0.15) is 72.1 Å². The number of carbonyl (C=O) groups is 1. The van der Waals surface area contributed by atoms with E-state index in [4.69, 9.17) is 0 Å². The first-order chi connectivity index (χ1) is 10.9. The van der Waals surface area contributed by atoms with Crippen LogP contribution in [0.2, 0.25) is 0 Å². The Morgan fingerprint density at radius 2 is 1.91 bits per heavy atom. The zero-order valence-corrected chi connectivity index (χ0v) is 14.9. The lowest BCUT2D eigenvalue weighted by molar-refractivity contribution is -0.127. The standard InChI is InChI=1S/C21H31FO/c1-13(23)17-6-7-18-16-5-4-14-12-15(22)8-10-20(14,2)19(16)9-11-21(17,18)3/h4,15-19H,5-12H2,1-3H3/t15-,16?,17?,18?,19?,20-,21?/m0/s1. The molecule has 3 fully saturated rings. The summed E-state index contributed by atoms with van der Waals surface area (Å²) in [5, 5.41) is 0. The third kappa shape index (κ3) is 2.12. The van der Waals surface area contributed by atoms with E-state index in [1.807, 2.05) is 0 Å². The number of allylic oxidation sites excluding steroid dienone is 2. The molecule has 2 heteroatoms. The first kappa shape index (κ1) is 15.8. The van der Waals surface area contributed by atoms with Crippen LogP contribution >= 0.6 is 0 Å². The van der Waals surface area contributed by atoms with Crippen LogP contribution in [0, 0.1) is 34.5 Å². The third-order valence-corrected chi connectivity index (χ3v) is 8.53. The summed E-state index contributed by atoms with van der Waals surface area (Å²) in [6, 6.07) is 0. The van der Waals surface area contributed by atoms with Gasteiger partial charge in [-0.15, -0.1) is 0 Å². The molecule has 7 atom stereocenters. The minimum absolute atomic E-state index is 0.228. The molecular formula is C21H31FO. The second kappa shape index (κ2) is 5.17. The van der Waals surface area contributed by atoms with Crippen LogP contribution < -0.4 is 0 Å². The number of halogens is 1. The van der Waals surface area contributed by atoms with Crippen molar-refractivity contribution in [3.63, 3.8) is 0 Å². The number of Topliss-reactive ketones (excluding diaryl/α,β-unsaturated/α-hetero) is 1. The summed E-state index contributed by atoms with van der Waals surface area (Å²) >= 11 is 0. The lowest BCUT2D eigenvalue weighted by Crippen LogP contribution is -2.50. The minimum Gasteiger partial charge on any atom is -0.300 e. The zero-order valence-electron chi connectivity index (χ0n) is 14.9. The van der Waals surface area contributed by atoms with Gasteiger partial charge in [0.2, 0.25) is 0 Å².